The first-order valence-corrected chi connectivity index (χ1v) is 8.99. The minimum absolute atomic E-state index is 0.655. The zero-order valence-electron chi connectivity index (χ0n) is 10.7. The molecule has 1 rings (SSSR count). The van der Waals surface area contributed by atoms with E-state index in [-0.39, 0.29) is 0 Å². The smallest absolute Gasteiger partial charge is 0.166 e. The fourth-order valence-electron chi connectivity index (χ4n) is 1.78. The molecule has 18 heavy (non-hydrogen) atoms. The Kier molecular flexibility index (Phi) is 3.91. The van der Waals surface area contributed by atoms with Crippen LogP contribution in [0.25, 0.3) is 0 Å². The largest absolute Gasteiger partial charge is 0.203 e. The maximum atomic E-state index is 13.8. The van der Waals surface area contributed by atoms with Gasteiger partial charge in [-0.3, -0.25) is 0 Å². The van der Waals surface area contributed by atoms with E-state index in [1.807, 2.05) is 0 Å². The van der Waals surface area contributed by atoms with Gasteiger partial charge in [0.2, 0.25) is 0 Å². The standard InChI is InChI=1S/C13H14F4Si/c1-6-8(18(3,4)5)9-12(16)10(14)7(2)11(15)13(9)17/h1,8H,2-5H3. The Bertz CT molecular complexity index is 494. The van der Waals surface area contributed by atoms with E-state index in [2.05, 4.69) is 5.92 Å². The molecule has 98 valence electrons. The lowest BCUT2D eigenvalue weighted by atomic mass is 10.1. The monoisotopic (exact) mass is 274 g/mol. The molecule has 5 heteroatoms. The van der Waals surface area contributed by atoms with Crippen molar-refractivity contribution in [2.75, 3.05) is 0 Å². The Morgan fingerprint density at radius 2 is 1.33 bits per heavy atom. The number of terminal acetylenes is 1. The van der Waals surface area contributed by atoms with Crippen LogP contribution < -0.4 is 0 Å². The van der Waals surface area contributed by atoms with E-state index < -0.39 is 48.0 Å². The third-order valence-corrected chi connectivity index (χ3v) is 5.03. The second-order valence-electron chi connectivity index (χ2n) is 5.26. The Hall–Kier alpha value is -1.28. The van der Waals surface area contributed by atoms with Crippen molar-refractivity contribution in [2.24, 2.45) is 0 Å². The summed E-state index contributed by atoms with van der Waals surface area (Å²) in [4.78, 5) is 0. The van der Waals surface area contributed by atoms with Gasteiger partial charge in [0.1, 0.15) is 0 Å². The summed E-state index contributed by atoms with van der Waals surface area (Å²) < 4.78 is 54.6. The average Bonchev–Trinajstić information content (AvgIpc) is 2.27. The van der Waals surface area contributed by atoms with E-state index in [0.717, 1.165) is 6.92 Å². The van der Waals surface area contributed by atoms with Gasteiger partial charge in [-0.1, -0.05) is 19.6 Å². The molecule has 0 N–H and O–H groups in total. The van der Waals surface area contributed by atoms with Gasteiger partial charge in [0.15, 0.2) is 23.3 Å². The predicted molar refractivity (Wildman–Crippen MR) is 65.9 cm³/mol. The van der Waals surface area contributed by atoms with Crippen LogP contribution in [0.15, 0.2) is 0 Å². The molecule has 0 radical (unpaired) electrons. The molecule has 0 saturated heterocycles. The molecule has 0 heterocycles. The molecule has 0 aromatic heterocycles. The third kappa shape index (κ3) is 2.30. The van der Waals surface area contributed by atoms with Crippen LogP contribution in [0, 0.1) is 42.5 Å². The van der Waals surface area contributed by atoms with E-state index in [1.54, 1.807) is 19.6 Å². The molecule has 0 amide bonds. The lowest BCUT2D eigenvalue weighted by Crippen LogP contribution is -2.32. The highest BCUT2D eigenvalue weighted by atomic mass is 28.3. The van der Waals surface area contributed by atoms with Crippen molar-refractivity contribution in [3.8, 4) is 12.3 Å². The summed E-state index contributed by atoms with van der Waals surface area (Å²) in [5.74, 6) is -3.24. The molecule has 0 aliphatic heterocycles. The molecular weight excluding hydrogens is 260 g/mol. The first kappa shape index (κ1) is 14.8. The van der Waals surface area contributed by atoms with Gasteiger partial charge in [0, 0.05) is 16.7 Å². The van der Waals surface area contributed by atoms with Crippen molar-refractivity contribution in [2.45, 2.75) is 32.1 Å². The van der Waals surface area contributed by atoms with Crippen LogP contribution in [0.3, 0.4) is 0 Å². The molecule has 0 nitrogen and oxygen atoms in total. The zero-order chi connectivity index (χ0) is 14.2. The van der Waals surface area contributed by atoms with E-state index in [1.165, 1.54) is 0 Å². The maximum absolute atomic E-state index is 13.8. The highest BCUT2D eigenvalue weighted by Crippen LogP contribution is 2.34. The van der Waals surface area contributed by atoms with Crippen LogP contribution in [0.5, 0.6) is 0 Å². The molecule has 0 aliphatic rings. The second-order valence-corrected chi connectivity index (χ2v) is 10.6. The molecule has 1 aromatic rings. The van der Waals surface area contributed by atoms with Gasteiger partial charge in [0.25, 0.3) is 0 Å². The normalized spacial score (nSPS) is 13.3. The summed E-state index contributed by atoms with van der Waals surface area (Å²) in [6, 6.07) is 0. The van der Waals surface area contributed by atoms with E-state index >= 15 is 0 Å². The molecule has 0 spiro atoms. The van der Waals surface area contributed by atoms with Crippen LogP contribution in [0.1, 0.15) is 16.7 Å². The molecule has 0 saturated carbocycles. The van der Waals surface area contributed by atoms with Gasteiger partial charge in [-0.25, -0.2) is 17.6 Å². The Balaban J connectivity index is 3.66. The fourth-order valence-corrected chi connectivity index (χ4v) is 3.40. The SMILES string of the molecule is C#CC(c1c(F)c(F)c(C)c(F)c1F)[Si](C)(C)C. The lowest BCUT2D eigenvalue weighted by molar-refractivity contribution is 0.432. The summed E-state index contributed by atoms with van der Waals surface area (Å²) in [5.41, 5.74) is -2.24. The van der Waals surface area contributed by atoms with Crippen LogP contribution in [0.2, 0.25) is 19.6 Å². The van der Waals surface area contributed by atoms with Crippen molar-refractivity contribution < 1.29 is 17.6 Å². The highest BCUT2D eigenvalue weighted by molar-refractivity contribution is 6.78. The van der Waals surface area contributed by atoms with Crippen LogP contribution in [-0.2, 0) is 0 Å². The second kappa shape index (κ2) is 4.77. The van der Waals surface area contributed by atoms with Crippen LogP contribution >= 0.6 is 0 Å². The molecule has 0 aliphatic carbocycles. The topological polar surface area (TPSA) is 0 Å². The van der Waals surface area contributed by atoms with Crippen LogP contribution in [0.4, 0.5) is 17.6 Å². The summed E-state index contributed by atoms with van der Waals surface area (Å²) in [5, 5.41) is 0. The molecule has 1 aromatic carbocycles. The summed E-state index contributed by atoms with van der Waals surface area (Å²) in [7, 11) is -2.20. The molecular formula is C13H14F4Si. The quantitative estimate of drug-likeness (QED) is 0.329. The van der Waals surface area contributed by atoms with E-state index in [4.69, 9.17) is 6.42 Å². The number of hydrogen-bond donors (Lipinski definition) is 0. The van der Waals surface area contributed by atoms with Gasteiger partial charge in [0.05, 0.1) is 8.07 Å². The third-order valence-electron chi connectivity index (χ3n) is 2.84. The molecule has 1 atom stereocenters. The first-order chi connectivity index (χ1) is 8.12. The molecule has 0 fully saturated rings. The number of rotatable bonds is 2. The Morgan fingerprint density at radius 3 is 1.61 bits per heavy atom. The highest BCUT2D eigenvalue weighted by Gasteiger charge is 2.35. The average molecular weight is 274 g/mol. The molecule has 0 bridgehead atoms. The van der Waals surface area contributed by atoms with Crippen molar-refractivity contribution >= 4 is 8.07 Å². The lowest BCUT2D eigenvalue weighted by Gasteiger charge is -2.25. The minimum atomic E-state index is -2.20. The Morgan fingerprint density at radius 1 is 0.944 bits per heavy atom. The van der Waals surface area contributed by atoms with E-state index in [0.29, 0.717) is 0 Å². The predicted octanol–water partition coefficient (Wildman–Crippen LogP) is 4.15. The van der Waals surface area contributed by atoms with Crippen molar-refractivity contribution in [3.63, 3.8) is 0 Å². The number of hydrogen-bond acceptors (Lipinski definition) is 0. The fraction of sp³-hybridized carbons (Fsp3) is 0.385. The van der Waals surface area contributed by atoms with Gasteiger partial charge < -0.3 is 0 Å². The number of halogens is 4. The van der Waals surface area contributed by atoms with Crippen molar-refractivity contribution in [1.82, 2.24) is 0 Å². The minimum Gasteiger partial charge on any atom is -0.203 e. The van der Waals surface area contributed by atoms with Gasteiger partial charge >= 0.3 is 0 Å². The first-order valence-electron chi connectivity index (χ1n) is 5.41. The van der Waals surface area contributed by atoms with Gasteiger partial charge in [-0.15, -0.1) is 12.3 Å². The van der Waals surface area contributed by atoms with E-state index in [9.17, 15) is 17.6 Å². The summed E-state index contributed by atoms with van der Waals surface area (Å²) in [6.07, 6.45) is 5.27. The van der Waals surface area contributed by atoms with Gasteiger partial charge in [-0.05, 0) is 6.92 Å². The van der Waals surface area contributed by atoms with Crippen molar-refractivity contribution in [3.05, 3.63) is 34.4 Å². The van der Waals surface area contributed by atoms with Crippen LogP contribution in [-0.4, -0.2) is 8.07 Å². The Labute approximate surface area is 105 Å². The van der Waals surface area contributed by atoms with Gasteiger partial charge in [-0.2, -0.15) is 0 Å². The maximum Gasteiger partial charge on any atom is 0.166 e. The van der Waals surface area contributed by atoms with Crippen molar-refractivity contribution in [1.29, 1.82) is 0 Å². The summed E-state index contributed by atoms with van der Waals surface area (Å²) in [6.45, 7) is 6.34. The zero-order valence-corrected chi connectivity index (χ0v) is 11.7. The summed E-state index contributed by atoms with van der Waals surface area (Å²) >= 11 is 0. The number of benzene rings is 1. The molecule has 1 unspecified atom stereocenters.